The molecule has 7 nitrogen and oxygen atoms in total. The van der Waals surface area contributed by atoms with E-state index in [1.807, 2.05) is 36.1 Å². The molecule has 1 heterocycles. The van der Waals surface area contributed by atoms with E-state index < -0.39 is 5.97 Å². The molecule has 0 aliphatic heterocycles. The van der Waals surface area contributed by atoms with Crippen molar-refractivity contribution in [3.05, 3.63) is 47.9 Å². The summed E-state index contributed by atoms with van der Waals surface area (Å²) < 4.78 is 21.8. The number of rotatable bonds is 9. The van der Waals surface area contributed by atoms with E-state index >= 15 is 0 Å². The highest BCUT2D eigenvalue weighted by Gasteiger charge is 2.54. The molecule has 6 rings (SSSR count). The molecule has 4 bridgehead atoms. The Morgan fingerprint density at radius 1 is 1.03 bits per heavy atom. The van der Waals surface area contributed by atoms with Crippen LogP contribution in [0.25, 0.3) is 0 Å². The van der Waals surface area contributed by atoms with Crippen LogP contribution in [0.5, 0.6) is 11.5 Å². The van der Waals surface area contributed by atoms with E-state index in [-0.39, 0.29) is 24.7 Å². The minimum Gasteiger partial charge on any atom is -0.493 e. The largest absolute Gasteiger partial charge is 0.493 e. The number of benzene rings is 1. The molecule has 4 aliphatic carbocycles. The summed E-state index contributed by atoms with van der Waals surface area (Å²) in [5.74, 6) is 3.10. The molecule has 4 aliphatic rings. The molecule has 4 fully saturated rings. The molecule has 0 saturated heterocycles. The van der Waals surface area contributed by atoms with Crippen molar-refractivity contribution >= 4 is 11.9 Å². The summed E-state index contributed by atoms with van der Waals surface area (Å²) in [7, 11) is 1.55. The van der Waals surface area contributed by atoms with Crippen molar-refractivity contribution < 1.29 is 28.2 Å². The second kappa shape index (κ2) is 9.35. The van der Waals surface area contributed by atoms with Crippen LogP contribution in [0.1, 0.15) is 49.8 Å². The second-order valence-corrected chi connectivity index (χ2v) is 10.3. The first-order valence-corrected chi connectivity index (χ1v) is 12.2. The second-order valence-electron chi connectivity index (χ2n) is 10.3. The zero-order valence-electron chi connectivity index (χ0n) is 20.0. The number of hydrogen-bond acceptors (Lipinski definition) is 6. The molecule has 2 aromatic rings. The molecule has 0 N–H and O–H groups in total. The summed E-state index contributed by atoms with van der Waals surface area (Å²) in [6.45, 7) is 1.77. The Morgan fingerprint density at radius 3 is 2.35 bits per heavy atom. The zero-order valence-corrected chi connectivity index (χ0v) is 20.0. The van der Waals surface area contributed by atoms with Crippen LogP contribution in [0.3, 0.4) is 0 Å². The maximum absolute atomic E-state index is 13.4. The molecular formula is C27H33NO6. The quantitative estimate of drug-likeness (QED) is 0.505. The molecule has 182 valence electrons. The van der Waals surface area contributed by atoms with Crippen LogP contribution >= 0.6 is 0 Å². The normalized spacial score (nSPS) is 26.8. The van der Waals surface area contributed by atoms with Crippen LogP contribution in [-0.4, -0.2) is 42.6 Å². The maximum Gasteiger partial charge on any atom is 0.344 e. The summed E-state index contributed by atoms with van der Waals surface area (Å²) >= 11 is 0. The molecule has 0 radical (unpaired) electrons. The van der Waals surface area contributed by atoms with Gasteiger partial charge in [-0.25, -0.2) is 4.79 Å². The summed E-state index contributed by atoms with van der Waals surface area (Å²) in [5.41, 5.74) is 0.871. The van der Waals surface area contributed by atoms with Gasteiger partial charge in [0.15, 0.2) is 24.7 Å². The maximum atomic E-state index is 13.4. The highest BCUT2D eigenvalue weighted by molar-refractivity contribution is 5.81. The summed E-state index contributed by atoms with van der Waals surface area (Å²) in [6, 6.07) is 9.21. The Balaban J connectivity index is 1.23. The number of esters is 1. The van der Waals surface area contributed by atoms with Crippen LogP contribution in [0.2, 0.25) is 0 Å². The van der Waals surface area contributed by atoms with Crippen molar-refractivity contribution in [2.45, 2.75) is 57.5 Å². The van der Waals surface area contributed by atoms with E-state index in [0.717, 1.165) is 30.6 Å². The molecule has 1 amide bonds. The van der Waals surface area contributed by atoms with Crippen molar-refractivity contribution in [3.8, 4) is 11.5 Å². The van der Waals surface area contributed by atoms with Crippen LogP contribution < -0.4 is 9.47 Å². The molecule has 4 saturated carbocycles. The third kappa shape index (κ3) is 4.65. The Bertz CT molecular complexity index is 994. The molecule has 0 unspecified atom stereocenters. The van der Waals surface area contributed by atoms with Gasteiger partial charge in [-0.1, -0.05) is 6.07 Å². The van der Waals surface area contributed by atoms with Gasteiger partial charge in [0.2, 0.25) is 0 Å². The van der Waals surface area contributed by atoms with Crippen molar-refractivity contribution in [2.24, 2.45) is 17.8 Å². The monoisotopic (exact) mass is 467 g/mol. The number of methoxy groups -OCH3 is 1. The van der Waals surface area contributed by atoms with Gasteiger partial charge in [-0.15, -0.1) is 0 Å². The number of amides is 1. The van der Waals surface area contributed by atoms with E-state index in [4.69, 9.17) is 18.6 Å². The van der Waals surface area contributed by atoms with Gasteiger partial charge in [0, 0.05) is 5.54 Å². The standard InChI is InChI=1S/C27H33NO6/c1-18-5-6-23(24(8-18)31-2)33-17-26(30)34-16-25(29)28(15-22-4-3-7-32-22)27-12-19-9-20(13-27)11-21(10-19)14-27/h3-8,19-21H,9-17H2,1-2H3. The van der Waals surface area contributed by atoms with Crippen molar-refractivity contribution in [3.63, 3.8) is 0 Å². The SMILES string of the molecule is COc1cc(C)ccc1OCC(=O)OCC(=O)N(Cc1ccco1)C12CC3CC(CC(C3)C1)C2. The average Bonchev–Trinajstić information content (AvgIpc) is 3.32. The minimum absolute atomic E-state index is 0.156. The van der Waals surface area contributed by atoms with Gasteiger partial charge >= 0.3 is 5.97 Å². The van der Waals surface area contributed by atoms with E-state index in [1.54, 1.807) is 19.4 Å². The fourth-order valence-electron chi connectivity index (χ4n) is 6.77. The molecule has 1 aromatic heterocycles. The fraction of sp³-hybridized carbons (Fsp3) is 0.556. The molecule has 7 heteroatoms. The van der Waals surface area contributed by atoms with Gasteiger partial charge in [0.25, 0.3) is 5.91 Å². The predicted octanol–water partition coefficient (Wildman–Crippen LogP) is 4.52. The zero-order chi connectivity index (χ0) is 23.7. The molecule has 1 aromatic carbocycles. The number of aryl methyl sites for hydroxylation is 1. The van der Waals surface area contributed by atoms with E-state index in [9.17, 15) is 9.59 Å². The number of nitrogens with zero attached hydrogens (tertiary/aromatic N) is 1. The smallest absolute Gasteiger partial charge is 0.344 e. The lowest BCUT2D eigenvalue weighted by molar-refractivity contribution is -0.164. The number of ether oxygens (including phenoxy) is 3. The lowest BCUT2D eigenvalue weighted by atomic mass is 9.52. The first kappa shape index (κ1) is 22.8. The first-order valence-electron chi connectivity index (χ1n) is 12.2. The number of hydrogen-bond donors (Lipinski definition) is 0. The Kier molecular flexibility index (Phi) is 6.28. The van der Waals surface area contributed by atoms with Gasteiger partial charge in [-0.2, -0.15) is 0 Å². The van der Waals surface area contributed by atoms with E-state index in [2.05, 4.69) is 0 Å². The Hall–Kier alpha value is -2.96. The van der Waals surface area contributed by atoms with Crippen LogP contribution in [-0.2, 0) is 20.9 Å². The van der Waals surface area contributed by atoms with Crippen LogP contribution in [0.15, 0.2) is 41.0 Å². The Labute approximate surface area is 200 Å². The van der Waals surface area contributed by atoms with Crippen molar-refractivity contribution in [1.82, 2.24) is 4.90 Å². The number of carbonyl (C=O) groups excluding carboxylic acids is 2. The van der Waals surface area contributed by atoms with Gasteiger partial charge < -0.3 is 23.5 Å². The summed E-state index contributed by atoms with van der Waals surface area (Å²) in [4.78, 5) is 27.8. The predicted molar refractivity (Wildman–Crippen MR) is 124 cm³/mol. The topological polar surface area (TPSA) is 78.2 Å². The highest BCUT2D eigenvalue weighted by Crippen LogP contribution is 2.58. The van der Waals surface area contributed by atoms with E-state index in [1.165, 1.54) is 19.3 Å². The Morgan fingerprint density at radius 2 is 1.74 bits per heavy atom. The van der Waals surface area contributed by atoms with Crippen LogP contribution in [0.4, 0.5) is 0 Å². The molecule has 0 atom stereocenters. The third-order valence-electron chi connectivity index (χ3n) is 7.79. The van der Waals surface area contributed by atoms with E-state index in [0.29, 0.717) is 35.8 Å². The first-order chi connectivity index (χ1) is 16.4. The average molecular weight is 468 g/mol. The van der Waals surface area contributed by atoms with Gasteiger partial charge in [0.1, 0.15) is 5.76 Å². The fourth-order valence-corrected chi connectivity index (χ4v) is 6.77. The van der Waals surface area contributed by atoms with Gasteiger partial charge in [-0.3, -0.25) is 4.79 Å². The lowest BCUT2D eigenvalue weighted by Gasteiger charge is -2.60. The number of furan rings is 1. The van der Waals surface area contributed by atoms with Gasteiger partial charge in [0.05, 0.1) is 19.9 Å². The summed E-state index contributed by atoms with van der Waals surface area (Å²) in [5, 5.41) is 0. The minimum atomic E-state index is -0.584. The molecule has 34 heavy (non-hydrogen) atoms. The van der Waals surface area contributed by atoms with Crippen molar-refractivity contribution in [2.75, 3.05) is 20.3 Å². The van der Waals surface area contributed by atoms with Gasteiger partial charge in [-0.05, 0) is 93.0 Å². The lowest BCUT2D eigenvalue weighted by Crippen LogP contribution is -2.61. The molecular weight excluding hydrogens is 434 g/mol. The highest BCUT2D eigenvalue weighted by atomic mass is 16.6. The number of carbonyl (C=O) groups is 2. The third-order valence-corrected chi connectivity index (χ3v) is 7.79. The van der Waals surface area contributed by atoms with Crippen molar-refractivity contribution in [1.29, 1.82) is 0 Å². The molecule has 0 spiro atoms. The summed E-state index contributed by atoms with van der Waals surface area (Å²) in [6.07, 6.45) is 8.61. The van der Waals surface area contributed by atoms with Crippen LogP contribution in [0, 0.1) is 24.7 Å².